The molecule has 1 N–H and O–H groups in total. The molecule has 27 heavy (non-hydrogen) atoms. The summed E-state index contributed by atoms with van der Waals surface area (Å²) in [5.41, 5.74) is 1.36. The number of carbonyl (C=O) groups is 2. The molecule has 0 aliphatic carbocycles. The van der Waals surface area contributed by atoms with Gasteiger partial charge in [0.15, 0.2) is 0 Å². The highest BCUT2D eigenvalue weighted by Crippen LogP contribution is 2.24. The maximum Gasteiger partial charge on any atom is 0.255 e. The Hall–Kier alpha value is -2.02. The molecule has 2 aromatic rings. The molecule has 1 aliphatic rings. The minimum absolute atomic E-state index is 0.0395. The minimum Gasteiger partial charge on any atom is -0.336 e. The average Bonchev–Trinajstić information content (AvgIpc) is 2.69. The van der Waals surface area contributed by atoms with Crippen LogP contribution in [0.3, 0.4) is 0 Å². The van der Waals surface area contributed by atoms with E-state index in [0.29, 0.717) is 43.3 Å². The van der Waals surface area contributed by atoms with Gasteiger partial charge in [-0.25, -0.2) is 0 Å². The summed E-state index contributed by atoms with van der Waals surface area (Å²) in [5, 5.41) is 3.45. The van der Waals surface area contributed by atoms with Crippen LogP contribution in [0.15, 0.2) is 53.4 Å². The van der Waals surface area contributed by atoms with Gasteiger partial charge in [-0.3, -0.25) is 14.5 Å². The highest BCUT2D eigenvalue weighted by Gasteiger charge is 2.24. The van der Waals surface area contributed by atoms with Gasteiger partial charge in [0.05, 0.1) is 22.8 Å². The SMILES string of the molecule is CSc1ccccc1NC(=O)CN1CCN(C(=O)c2ccccc2Cl)CC1. The Kier molecular flexibility index (Phi) is 6.77. The monoisotopic (exact) mass is 403 g/mol. The summed E-state index contributed by atoms with van der Waals surface area (Å²) >= 11 is 7.73. The van der Waals surface area contributed by atoms with Crippen LogP contribution in [0.5, 0.6) is 0 Å². The van der Waals surface area contributed by atoms with Gasteiger partial charge >= 0.3 is 0 Å². The molecule has 1 aliphatic heterocycles. The number of hydrogen-bond donors (Lipinski definition) is 1. The van der Waals surface area contributed by atoms with Gasteiger partial charge in [-0.05, 0) is 30.5 Å². The first-order chi connectivity index (χ1) is 13.1. The van der Waals surface area contributed by atoms with Crippen LogP contribution in [0, 0.1) is 0 Å². The summed E-state index contributed by atoms with van der Waals surface area (Å²) in [4.78, 5) is 29.9. The third-order valence-electron chi connectivity index (χ3n) is 4.51. The number of nitrogens with one attached hydrogen (secondary N) is 1. The normalized spacial score (nSPS) is 14.8. The molecule has 1 saturated heterocycles. The molecule has 1 heterocycles. The van der Waals surface area contributed by atoms with E-state index in [1.165, 1.54) is 0 Å². The van der Waals surface area contributed by atoms with Crippen LogP contribution in [0.2, 0.25) is 5.02 Å². The molecule has 5 nitrogen and oxygen atoms in total. The molecule has 0 bridgehead atoms. The Labute approximate surface area is 168 Å². The van der Waals surface area contributed by atoms with E-state index in [1.54, 1.807) is 28.8 Å². The van der Waals surface area contributed by atoms with Gasteiger partial charge < -0.3 is 10.2 Å². The van der Waals surface area contributed by atoms with Crippen LogP contribution < -0.4 is 5.32 Å². The number of hydrogen-bond acceptors (Lipinski definition) is 4. The number of piperazine rings is 1. The molecule has 0 saturated carbocycles. The molecule has 0 spiro atoms. The smallest absolute Gasteiger partial charge is 0.255 e. The second-order valence-corrected chi connectivity index (χ2v) is 7.55. The van der Waals surface area contributed by atoms with Crippen molar-refractivity contribution in [3.05, 3.63) is 59.1 Å². The molecule has 0 atom stereocenters. The number of halogens is 1. The second-order valence-electron chi connectivity index (χ2n) is 6.30. The number of anilines is 1. The molecule has 3 rings (SSSR count). The Morgan fingerprint density at radius 2 is 1.70 bits per heavy atom. The van der Waals surface area contributed by atoms with Crippen LogP contribution >= 0.6 is 23.4 Å². The van der Waals surface area contributed by atoms with Crippen molar-refractivity contribution in [3.63, 3.8) is 0 Å². The van der Waals surface area contributed by atoms with Crippen molar-refractivity contribution in [2.45, 2.75) is 4.90 Å². The predicted octanol–water partition coefficient (Wildman–Crippen LogP) is 3.46. The lowest BCUT2D eigenvalue weighted by Crippen LogP contribution is -2.50. The standard InChI is InChI=1S/C20H22ClN3O2S/c1-27-18-9-5-4-8-17(18)22-19(25)14-23-10-12-24(13-11-23)20(26)15-6-2-3-7-16(15)21/h2-9H,10-14H2,1H3,(H,22,25). The van der Waals surface area contributed by atoms with Crippen LogP contribution in [0.1, 0.15) is 10.4 Å². The number of benzene rings is 2. The van der Waals surface area contributed by atoms with Crippen LogP contribution in [0.25, 0.3) is 0 Å². The number of thioether (sulfide) groups is 1. The molecular weight excluding hydrogens is 382 g/mol. The van der Waals surface area contributed by atoms with Crippen molar-refractivity contribution in [1.29, 1.82) is 0 Å². The fourth-order valence-electron chi connectivity index (χ4n) is 3.05. The van der Waals surface area contributed by atoms with Crippen molar-refractivity contribution >= 4 is 40.9 Å². The molecule has 0 unspecified atom stereocenters. The van der Waals surface area contributed by atoms with E-state index in [-0.39, 0.29) is 11.8 Å². The molecule has 2 amide bonds. The minimum atomic E-state index is -0.0569. The molecule has 0 aromatic heterocycles. The molecule has 1 fully saturated rings. The molecule has 142 valence electrons. The van der Waals surface area contributed by atoms with Crippen molar-refractivity contribution in [2.75, 3.05) is 44.3 Å². The van der Waals surface area contributed by atoms with E-state index in [2.05, 4.69) is 10.2 Å². The van der Waals surface area contributed by atoms with Crippen molar-refractivity contribution in [2.24, 2.45) is 0 Å². The first kappa shape index (κ1) is 19.7. The lowest BCUT2D eigenvalue weighted by molar-refractivity contribution is -0.117. The average molecular weight is 404 g/mol. The largest absolute Gasteiger partial charge is 0.336 e. The van der Waals surface area contributed by atoms with Gasteiger partial charge in [0.1, 0.15) is 0 Å². The van der Waals surface area contributed by atoms with E-state index < -0.39 is 0 Å². The van der Waals surface area contributed by atoms with Crippen molar-refractivity contribution in [3.8, 4) is 0 Å². The summed E-state index contributed by atoms with van der Waals surface area (Å²) in [5.74, 6) is -0.0963. The Bertz CT molecular complexity index is 822. The Balaban J connectivity index is 1.51. The maximum absolute atomic E-state index is 12.6. The molecule has 7 heteroatoms. The number of rotatable bonds is 5. The van der Waals surface area contributed by atoms with Gasteiger partial charge in [-0.2, -0.15) is 0 Å². The van der Waals surface area contributed by atoms with Gasteiger partial charge in [0, 0.05) is 31.1 Å². The predicted molar refractivity (Wildman–Crippen MR) is 111 cm³/mol. The van der Waals surface area contributed by atoms with E-state index >= 15 is 0 Å². The van der Waals surface area contributed by atoms with E-state index in [9.17, 15) is 9.59 Å². The highest BCUT2D eigenvalue weighted by molar-refractivity contribution is 7.98. The summed E-state index contributed by atoms with van der Waals surface area (Å²) in [7, 11) is 0. The lowest BCUT2D eigenvalue weighted by atomic mass is 10.2. The molecule has 0 radical (unpaired) electrons. The Morgan fingerprint density at radius 3 is 2.41 bits per heavy atom. The van der Waals surface area contributed by atoms with Crippen LogP contribution in [0.4, 0.5) is 5.69 Å². The van der Waals surface area contributed by atoms with Crippen LogP contribution in [-0.2, 0) is 4.79 Å². The zero-order chi connectivity index (χ0) is 19.2. The van der Waals surface area contributed by atoms with E-state index in [0.717, 1.165) is 10.6 Å². The number of carbonyl (C=O) groups excluding carboxylic acids is 2. The van der Waals surface area contributed by atoms with Gasteiger partial charge in [-0.1, -0.05) is 35.9 Å². The van der Waals surface area contributed by atoms with Gasteiger partial charge in [-0.15, -0.1) is 11.8 Å². The maximum atomic E-state index is 12.6. The number of para-hydroxylation sites is 1. The fraction of sp³-hybridized carbons (Fsp3) is 0.300. The van der Waals surface area contributed by atoms with Crippen molar-refractivity contribution < 1.29 is 9.59 Å². The van der Waals surface area contributed by atoms with E-state index in [4.69, 9.17) is 11.6 Å². The second kappa shape index (κ2) is 9.26. The first-order valence-corrected chi connectivity index (χ1v) is 10.4. The Morgan fingerprint density at radius 1 is 1.04 bits per heavy atom. The third kappa shape index (κ3) is 5.03. The number of nitrogens with zero attached hydrogens (tertiary/aromatic N) is 2. The highest BCUT2D eigenvalue weighted by atomic mass is 35.5. The van der Waals surface area contributed by atoms with Crippen LogP contribution in [-0.4, -0.2) is 60.6 Å². The summed E-state index contributed by atoms with van der Waals surface area (Å²) in [6.45, 7) is 2.80. The molecular formula is C20H22ClN3O2S. The summed E-state index contributed by atoms with van der Waals surface area (Å²) in [6.07, 6.45) is 1.99. The van der Waals surface area contributed by atoms with Gasteiger partial charge in [0.25, 0.3) is 5.91 Å². The third-order valence-corrected chi connectivity index (χ3v) is 5.64. The number of amides is 2. The summed E-state index contributed by atoms with van der Waals surface area (Å²) < 4.78 is 0. The topological polar surface area (TPSA) is 52.7 Å². The quantitative estimate of drug-likeness (QED) is 0.777. The zero-order valence-electron chi connectivity index (χ0n) is 15.2. The van der Waals surface area contributed by atoms with E-state index in [1.807, 2.05) is 42.7 Å². The molecule has 2 aromatic carbocycles. The fourth-order valence-corrected chi connectivity index (χ4v) is 3.83. The van der Waals surface area contributed by atoms with Crippen molar-refractivity contribution in [1.82, 2.24) is 9.80 Å². The summed E-state index contributed by atoms with van der Waals surface area (Å²) in [6, 6.07) is 14.8. The zero-order valence-corrected chi connectivity index (χ0v) is 16.7. The first-order valence-electron chi connectivity index (χ1n) is 8.77. The van der Waals surface area contributed by atoms with Gasteiger partial charge in [0.2, 0.25) is 5.91 Å². The lowest BCUT2D eigenvalue weighted by Gasteiger charge is -2.34.